The largest absolute Gasteiger partial charge is 0.477 e. The molecule has 0 N–H and O–H groups in total. The van der Waals surface area contributed by atoms with Crippen molar-refractivity contribution < 1.29 is 9.53 Å². The number of amides is 1. The van der Waals surface area contributed by atoms with Crippen molar-refractivity contribution in [1.29, 1.82) is 0 Å². The summed E-state index contributed by atoms with van der Waals surface area (Å²) >= 11 is 1.43. The Hall–Kier alpha value is -1.69. The van der Waals surface area contributed by atoms with E-state index in [9.17, 15) is 4.79 Å². The highest BCUT2D eigenvalue weighted by Crippen LogP contribution is 2.35. The third-order valence-corrected chi connectivity index (χ3v) is 4.63. The van der Waals surface area contributed by atoms with Crippen LogP contribution in [0.25, 0.3) is 10.2 Å². The van der Waals surface area contributed by atoms with Gasteiger partial charge in [-0.15, -0.1) is 11.3 Å². The zero-order chi connectivity index (χ0) is 16.1. The van der Waals surface area contributed by atoms with E-state index in [0.717, 1.165) is 46.6 Å². The quantitative estimate of drug-likeness (QED) is 0.781. The van der Waals surface area contributed by atoms with Gasteiger partial charge in [-0.3, -0.25) is 4.79 Å². The molecule has 0 radical (unpaired) electrons. The van der Waals surface area contributed by atoms with Crippen molar-refractivity contribution >= 4 is 27.5 Å². The van der Waals surface area contributed by atoms with E-state index in [1.807, 2.05) is 18.7 Å². The number of aromatic nitrogens is 2. The number of ether oxygens (including phenoxy) is 1. The molecule has 0 aliphatic heterocycles. The van der Waals surface area contributed by atoms with E-state index < -0.39 is 0 Å². The lowest BCUT2D eigenvalue weighted by Gasteiger charge is -2.21. The Kier molecular flexibility index (Phi) is 5.71. The van der Waals surface area contributed by atoms with E-state index in [2.05, 4.69) is 23.8 Å². The predicted molar refractivity (Wildman–Crippen MR) is 89.8 cm³/mol. The van der Waals surface area contributed by atoms with E-state index in [0.29, 0.717) is 12.5 Å². The Labute approximate surface area is 135 Å². The van der Waals surface area contributed by atoms with Crippen molar-refractivity contribution in [3.05, 3.63) is 16.8 Å². The van der Waals surface area contributed by atoms with Crippen LogP contribution in [0.4, 0.5) is 0 Å². The minimum Gasteiger partial charge on any atom is -0.477 e. The molecule has 0 unspecified atom stereocenters. The number of thiophene rings is 1. The smallest absolute Gasteiger partial charge is 0.264 e. The van der Waals surface area contributed by atoms with Gasteiger partial charge in [0.25, 0.3) is 5.91 Å². The van der Waals surface area contributed by atoms with Crippen LogP contribution in [0.1, 0.15) is 48.8 Å². The van der Waals surface area contributed by atoms with E-state index in [1.165, 1.54) is 17.7 Å². The molecule has 1 amide bonds. The lowest BCUT2D eigenvalue weighted by atomic mass is 10.2. The molecular weight excluding hydrogens is 298 g/mol. The van der Waals surface area contributed by atoms with Crippen LogP contribution in [-0.4, -0.2) is 40.5 Å². The van der Waals surface area contributed by atoms with Crippen LogP contribution < -0.4 is 4.74 Å². The molecule has 0 fully saturated rings. The van der Waals surface area contributed by atoms with Crippen molar-refractivity contribution in [3.8, 4) is 5.88 Å². The predicted octanol–water partition coefficient (Wildman–Crippen LogP) is 3.66. The van der Waals surface area contributed by atoms with Crippen LogP contribution in [0.15, 0.2) is 6.33 Å². The molecule has 0 aliphatic carbocycles. The second-order valence-corrected chi connectivity index (χ2v) is 6.14. The minimum atomic E-state index is 0.0895. The summed E-state index contributed by atoms with van der Waals surface area (Å²) < 4.78 is 5.58. The molecule has 2 aromatic heterocycles. The standard InChI is InChI=1S/C16H23N3O2S/c1-5-8-19(9-6-2)16(20)13-11(4)12-14(21-7-3)17-10-18-15(12)22-13/h10H,5-9H2,1-4H3. The topological polar surface area (TPSA) is 55.3 Å². The normalized spacial score (nSPS) is 10.9. The molecule has 0 spiro atoms. The van der Waals surface area contributed by atoms with Crippen LogP contribution in [0.3, 0.4) is 0 Å². The third-order valence-electron chi connectivity index (χ3n) is 3.44. The Balaban J connectivity index is 2.45. The Morgan fingerprint density at radius 1 is 1.23 bits per heavy atom. The maximum atomic E-state index is 12.8. The van der Waals surface area contributed by atoms with E-state index in [1.54, 1.807) is 0 Å². The maximum absolute atomic E-state index is 12.8. The minimum absolute atomic E-state index is 0.0895. The molecule has 2 aromatic rings. The summed E-state index contributed by atoms with van der Waals surface area (Å²) in [6, 6.07) is 0. The molecule has 0 saturated carbocycles. The van der Waals surface area contributed by atoms with Gasteiger partial charge < -0.3 is 9.64 Å². The van der Waals surface area contributed by atoms with E-state index >= 15 is 0 Å². The number of aryl methyl sites for hydroxylation is 1. The van der Waals surface area contributed by atoms with Gasteiger partial charge in [0.15, 0.2) is 0 Å². The number of hydrogen-bond donors (Lipinski definition) is 0. The molecule has 5 nitrogen and oxygen atoms in total. The van der Waals surface area contributed by atoms with Crippen molar-refractivity contribution in [2.75, 3.05) is 19.7 Å². The fraction of sp³-hybridized carbons (Fsp3) is 0.562. The Bertz CT molecular complexity index is 648. The zero-order valence-corrected chi connectivity index (χ0v) is 14.5. The van der Waals surface area contributed by atoms with Crippen molar-refractivity contribution in [2.24, 2.45) is 0 Å². The summed E-state index contributed by atoms with van der Waals surface area (Å²) in [6.45, 7) is 10.2. The summed E-state index contributed by atoms with van der Waals surface area (Å²) in [6.07, 6.45) is 3.41. The summed E-state index contributed by atoms with van der Waals surface area (Å²) in [5.74, 6) is 0.657. The van der Waals surface area contributed by atoms with Crippen LogP contribution >= 0.6 is 11.3 Å². The van der Waals surface area contributed by atoms with Gasteiger partial charge in [-0.1, -0.05) is 13.8 Å². The molecule has 120 valence electrons. The van der Waals surface area contributed by atoms with E-state index in [4.69, 9.17) is 4.74 Å². The van der Waals surface area contributed by atoms with Gasteiger partial charge in [0.2, 0.25) is 5.88 Å². The first-order valence-electron chi connectivity index (χ1n) is 7.80. The molecule has 0 atom stereocenters. The lowest BCUT2D eigenvalue weighted by Crippen LogP contribution is -2.32. The summed E-state index contributed by atoms with van der Waals surface area (Å²) in [5, 5.41) is 0.866. The van der Waals surface area contributed by atoms with E-state index in [-0.39, 0.29) is 5.91 Å². The van der Waals surface area contributed by atoms with Gasteiger partial charge in [-0.25, -0.2) is 9.97 Å². The maximum Gasteiger partial charge on any atom is 0.264 e. The van der Waals surface area contributed by atoms with Gasteiger partial charge >= 0.3 is 0 Å². The average Bonchev–Trinajstić information content (AvgIpc) is 2.85. The summed E-state index contributed by atoms with van der Waals surface area (Å²) in [7, 11) is 0. The number of nitrogens with zero attached hydrogens (tertiary/aromatic N) is 3. The van der Waals surface area contributed by atoms with Crippen LogP contribution in [0.5, 0.6) is 5.88 Å². The number of rotatable bonds is 7. The third kappa shape index (κ3) is 3.21. The highest BCUT2D eigenvalue weighted by molar-refractivity contribution is 7.20. The second-order valence-electron chi connectivity index (χ2n) is 5.14. The number of carbonyl (C=O) groups is 1. The van der Waals surface area contributed by atoms with Gasteiger partial charge in [0, 0.05) is 13.1 Å². The lowest BCUT2D eigenvalue weighted by molar-refractivity contribution is 0.0760. The zero-order valence-electron chi connectivity index (χ0n) is 13.7. The van der Waals surface area contributed by atoms with Gasteiger partial charge in [0.1, 0.15) is 11.2 Å². The molecular formula is C16H23N3O2S. The van der Waals surface area contributed by atoms with Gasteiger partial charge in [-0.05, 0) is 32.3 Å². The van der Waals surface area contributed by atoms with Crippen LogP contribution in [0, 0.1) is 6.92 Å². The number of carbonyl (C=O) groups excluding carboxylic acids is 1. The molecule has 0 aromatic carbocycles. The summed E-state index contributed by atoms with van der Waals surface area (Å²) in [4.78, 5) is 24.8. The van der Waals surface area contributed by atoms with Crippen molar-refractivity contribution in [1.82, 2.24) is 14.9 Å². The SMILES string of the molecule is CCCN(CCC)C(=O)c1sc2ncnc(OCC)c2c1C. The molecule has 6 heteroatoms. The molecule has 2 rings (SSSR count). The molecule has 0 aliphatic rings. The first kappa shape index (κ1) is 16.7. The van der Waals surface area contributed by atoms with Gasteiger partial charge in [0.05, 0.1) is 16.9 Å². The van der Waals surface area contributed by atoms with Crippen LogP contribution in [-0.2, 0) is 0 Å². The molecule has 0 bridgehead atoms. The Morgan fingerprint density at radius 3 is 2.50 bits per heavy atom. The van der Waals surface area contributed by atoms with Crippen molar-refractivity contribution in [2.45, 2.75) is 40.5 Å². The second kappa shape index (κ2) is 7.54. The molecule has 0 saturated heterocycles. The van der Waals surface area contributed by atoms with Crippen LogP contribution in [0.2, 0.25) is 0 Å². The number of hydrogen-bond acceptors (Lipinski definition) is 5. The summed E-state index contributed by atoms with van der Waals surface area (Å²) in [5.41, 5.74) is 0.922. The molecule has 22 heavy (non-hydrogen) atoms. The molecule has 2 heterocycles. The average molecular weight is 321 g/mol. The highest BCUT2D eigenvalue weighted by Gasteiger charge is 2.23. The monoisotopic (exact) mass is 321 g/mol. The van der Waals surface area contributed by atoms with Crippen molar-refractivity contribution in [3.63, 3.8) is 0 Å². The number of fused-ring (bicyclic) bond motifs is 1. The highest BCUT2D eigenvalue weighted by atomic mass is 32.1. The fourth-order valence-electron chi connectivity index (χ4n) is 2.49. The van der Waals surface area contributed by atoms with Gasteiger partial charge in [-0.2, -0.15) is 0 Å². The first-order chi connectivity index (χ1) is 10.6. The fourth-order valence-corrected chi connectivity index (χ4v) is 3.60. The first-order valence-corrected chi connectivity index (χ1v) is 8.61. The Morgan fingerprint density at radius 2 is 1.91 bits per heavy atom.